The van der Waals surface area contributed by atoms with Gasteiger partial charge in [-0.05, 0) is 25.0 Å². The SMILES string of the molecule is CCCC(CCNC(=O)CC(CC(N)=O)C(=O)O)NC(=O)c1ccccc1. The zero-order valence-corrected chi connectivity index (χ0v) is 15.4. The van der Waals surface area contributed by atoms with E-state index in [9.17, 15) is 19.2 Å². The monoisotopic (exact) mass is 377 g/mol. The number of carbonyl (C=O) groups is 4. The first-order valence-electron chi connectivity index (χ1n) is 8.97. The van der Waals surface area contributed by atoms with Crippen molar-refractivity contribution in [3.05, 3.63) is 35.9 Å². The van der Waals surface area contributed by atoms with Crippen LogP contribution in [0.5, 0.6) is 0 Å². The van der Waals surface area contributed by atoms with Crippen LogP contribution in [0.15, 0.2) is 30.3 Å². The minimum atomic E-state index is -1.23. The Morgan fingerprint density at radius 3 is 2.30 bits per heavy atom. The van der Waals surface area contributed by atoms with Crippen molar-refractivity contribution in [2.24, 2.45) is 11.7 Å². The molecule has 0 bridgehead atoms. The summed E-state index contributed by atoms with van der Waals surface area (Å²) in [4.78, 5) is 46.1. The van der Waals surface area contributed by atoms with Gasteiger partial charge >= 0.3 is 5.97 Å². The molecule has 27 heavy (non-hydrogen) atoms. The van der Waals surface area contributed by atoms with E-state index in [-0.39, 0.29) is 24.8 Å². The number of amides is 3. The van der Waals surface area contributed by atoms with Gasteiger partial charge in [0.05, 0.1) is 5.92 Å². The number of carbonyl (C=O) groups excluding carboxylic acids is 3. The molecule has 0 heterocycles. The molecule has 0 saturated carbocycles. The van der Waals surface area contributed by atoms with Crippen LogP contribution in [0.2, 0.25) is 0 Å². The average Bonchev–Trinajstić information content (AvgIpc) is 2.61. The first-order valence-corrected chi connectivity index (χ1v) is 8.97. The fourth-order valence-electron chi connectivity index (χ4n) is 2.67. The van der Waals surface area contributed by atoms with Crippen LogP contribution >= 0.6 is 0 Å². The van der Waals surface area contributed by atoms with Crippen LogP contribution in [0, 0.1) is 5.92 Å². The van der Waals surface area contributed by atoms with Gasteiger partial charge in [0, 0.05) is 31.0 Å². The van der Waals surface area contributed by atoms with E-state index in [1.165, 1.54) is 0 Å². The van der Waals surface area contributed by atoms with Crippen molar-refractivity contribution in [3.8, 4) is 0 Å². The van der Waals surface area contributed by atoms with E-state index in [1.54, 1.807) is 24.3 Å². The Morgan fingerprint density at radius 2 is 1.74 bits per heavy atom. The number of aliphatic carboxylic acids is 1. The summed E-state index contributed by atoms with van der Waals surface area (Å²) in [5.41, 5.74) is 5.57. The van der Waals surface area contributed by atoms with Gasteiger partial charge in [0.25, 0.3) is 5.91 Å². The number of carboxylic acids is 1. The second kappa shape index (κ2) is 11.7. The lowest BCUT2D eigenvalue weighted by atomic mass is 10.0. The highest BCUT2D eigenvalue weighted by molar-refractivity contribution is 5.94. The molecule has 1 aromatic carbocycles. The van der Waals surface area contributed by atoms with Gasteiger partial charge in [0.1, 0.15) is 0 Å². The topological polar surface area (TPSA) is 139 Å². The molecule has 0 saturated heterocycles. The van der Waals surface area contributed by atoms with E-state index in [0.717, 1.165) is 12.8 Å². The number of carboxylic acid groups (broad SMARTS) is 1. The number of nitrogens with two attached hydrogens (primary N) is 1. The number of primary amides is 1. The van der Waals surface area contributed by atoms with Crippen LogP contribution < -0.4 is 16.4 Å². The molecule has 0 aromatic heterocycles. The summed E-state index contributed by atoms with van der Waals surface area (Å²) in [7, 11) is 0. The summed E-state index contributed by atoms with van der Waals surface area (Å²) in [6, 6.07) is 8.75. The molecular weight excluding hydrogens is 350 g/mol. The van der Waals surface area contributed by atoms with Gasteiger partial charge < -0.3 is 21.5 Å². The van der Waals surface area contributed by atoms with Crippen molar-refractivity contribution in [1.29, 1.82) is 0 Å². The normalized spacial score (nSPS) is 12.6. The predicted octanol–water partition coefficient (Wildman–Crippen LogP) is 1.06. The van der Waals surface area contributed by atoms with Crippen molar-refractivity contribution in [1.82, 2.24) is 10.6 Å². The summed E-state index contributed by atoms with van der Waals surface area (Å²) in [5.74, 6) is -3.77. The average molecular weight is 377 g/mol. The van der Waals surface area contributed by atoms with Gasteiger partial charge in [0.15, 0.2) is 0 Å². The lowest BCUT2D eigenvalue weighted by molar-refractivity contribution is -0.145. The molecule has 0 aliphatic carbocycles. The second-order valence-corrected chi connectivity index (χ2v) is 6.37. The molecular formula is C19H27N3O5. The summed E-state index contributed by atoms with van der Waals surface area (Å²) in [5, 5.41) is 14.6. The Bertz CT molecular complexity index is 648. The van der Waals surface area contributed by atoms with Crippen molar-refractivity contribution >= 4 is 23.7 Å². The Labute approximate surface area is 158 Å². The Morgan fingerprint density at radius 1 is 1.07 bits per heavy atom. The number of hydrogen-bond acceptors (Lipinski definition) is 4. The molecule has 0 aliphatic heterocycles. The number of hydrogen-bond donors (Lipinski definition) is 4. The van der Waals surface area contributed by atoms with Gasteiger partial charge in [-0.1, -0.05) is 31.5 Å². The van der Waals surface area contributed by atoms with Crippen LogP contribution in [0.3, 0.4) is 0 Å². The van der Waals surface area contributed by atoms with Crippen molar-refractivity contribution in [2.45, 2.75) is 45.1 Å². The summed E-state index contributed by atoms with van der Waals surface area (Å²) >= 11 is 0. The zero-order chi connectivity index (χ0) is 20.2. The van der Waals surface area contributed by atoms with Gasteiger partial charge in [-0.3, -0.25) is 19.2 Å². The summed E-state index contributed by atoms with van der Waals surface area (Å²) < 4.78 is 0. The molecule has 8 nitrogen and oxygen atoms in total. The number of nitrogens with one attached hydrogen (secondary N) is 2. The molecule has 8 heteroatoms. The zero-order valence-electron chi connectivity index (χ0n) is 15.4. The van der Waals surface area contributed by atoms with Crippen molar-refractivity contribution in [2.75, 3.05) is 6.54 Å². The summed E-state index contributed by atoms with van der Waals surface area (Å²) in [6.07, 6.45) is 1.45. The van der Waals surface area contributed by atoms with Gasteiger partial charge in [-0.2, -0.15) is 0 Å². The molecule has 0 radical (unpaired) electrons. The fraction of sp³-hybridized carbons (Fsp3) is 0.474. The maximum Gasteiger partial charge on any atom is 0.307 e. The number of rotatable bonds is 12. The quantitative estimate of drug-likeness (QED) is 0.431. The lowest BCUT2D eigenvalue weighted by Gasteiger charge is -2.19. The maximum atomic E-state index is 12.2. The van der Waals surface area contributed by atoms with Crippen LogP contribution in [-0.2, 0) is 14.4 Å². The van der Waals surface area contributed by atoms with E-state index >= 15 is 0 Å². The molecule has 3 amide bonds. The van der Waals surface area contributed by atoms with E-state index in [1.807, 2.05) is 13.0 Å². The molecule has 1 rings (SSSR count). The van der Waals surface area contributed by atoms with Crippen molar-refractivity contribution < 1.29 is 24.3 Å². The number of benzene rings is 1. The third-order valence-electron chi connectivity index (χ3n) is 4.05. The minimum absolute atomic E-state index is 0.108. The lowest BCUT2D eigenvalue weighted by Crippen LogP contribution is -2.38. The second-order valence-electron chi connectivity index (χ2n) is 6.37. The van der Waals surface area contributed by atoms with Crippen LogP contribution in [0.25, 0.3) is 0 Å². The van der Waals surface area contributed by atoms with Gasteiger partial charge in [-0.15, -0.1) is 0 Å². The third-order valence-corrected chi connectivity index (χ3v) is 4.05. The first-order chi connectivity index (χ1) is 12.8. The van der Waals surface area contributed by atoms with Crippen LogP contribution in [0.1, 0.15) is 49.4 Å². The standard InChI is InChI=1S/C19H27N3O5/c1-2-6-15(22-18(25)13-7-4-3-5-8-13)9-10-21-17(24)12-14(19(26)27)11-16(20)23/h3-5,7-8,14-15H,2,6,9-12H2,1H3,(H2,20,23)(H,21,24)(H,22,25)(H,26,27). The first kappa shape index (κ1) is 22.1. The van der Waals surface area contributed by atoms with Gasteiger partial charge in [0.2, 0.25) is 11.8 Å². The minimum Gasteiger partial charge on any atom is -0.481 e. The molecule has 0 fully saturated rings. The van der Waals surface area contributed by atoms with E-state index < -0.39 is 23.7 Å². The third kappa shape index (κ3) is 8.84. The molecule has 0 spiro atoms. The fourth-order valence-corrected chi connectivity index (χ4v) is 2.67. The highest BCUT2D eigenvalue weighted by Crippen LogP contribution is 2.09. The highest BCUT2D eigenvalue weighted by Gasteiger charge is 2.23. The van der Waals surface area contributed by atoms with Crippen molar-refractivity contribution in [3.63, 3.8) is 0 Å². The smallest absolute Gasteiger partial charge is 0.307 e. The highest BCUT2D eigenvalue weighted by atomic mass is 16.4. The Kier molecular flexibility index (Phi) is 9.57. The van der Waals surface area contributed by atoms with E-state index in [0.29, 0.717) is 18.5 Å². The maximum absolute atomic E-state index is 12.2. The molecule has 5 N–H and O–H groups in total. The van der Waals surface area contributed by atoms with Crippen LogP contribution in [-0.4, -0.2) is 41.4 Å². The van der Waals surface area contributed by atoms with Crippen LogP contribution in [0.4, 0.5) is 0 Å². The predicted molar refractivity (Wildman–Crippen MR) is 99.8 cm³/mol. The molecule has 148 valence electrons. The van der Waals surface area contributed by atoms with Gasteiger partial charge in [-0.25, -0.2) is 0 Å². The molecule has 1 aromatic rings. The molecule has 0 aliphatic rings. The molecule has 2 atom stereocenters. The van der Waals surface area contributed by atoms with E-state index in [2.05, 4.69) is 10.6 Å². The Balaban J connectivity index is 2.47. The van der Waals surface area contributed by atoms with E-state index in [4.69, 9.17) is 10.8 Å². The molecule has 2 unspecified atom stereocenters. The summed E-state index contributed by atoms with van der Waals surface area (Å²) in [6.45, 7) is 2.29. The largest absolute Gasteiger partial charge is 0.481 e. The Hall–Kier alpha value is -2.90.